The second-order valence-corrected chi connectivity index (χ2v) is 4.89. The Morgan fingerprint density at radius 3 is 2.29 bits per heavy atom. The largest absolute Gasteiger partial charge is 0.294 e. The van der Waals surface area contributed by atoms with E-state index in [2.05, 4.69) is 42.8 Å². The maximum atomic E-state index is 4.41. The first-order valence-electron chi connectivity index (χ1n) is 6.83. The molecule has 0 aromatic carbocycles. The van der Waals surface area contributed by atoms with Crippen molar-refractivity contribution in [3.8, 4) is 0 Å². The van der Waals surface area contributed by atoms with Gasteiger partial charge >= 0.3 is 0 Å². The fraction of sp³-hybridized carbons (Fsp3) is 0.667. The normalized spacial score (nSPS) is 18.2. The molecule has 1 saturated heterocycles. The highest BCUT2D eigenvalue weighted by atomic mass is 15.2. The molecule has 2 rings (SSSR count). The van der Waals surface area contributed by atoms with Crippen molar-refractivity contribution in [2.24, 2.45) is 11.8 Å². The molecule has 1 aliphatic rings. The van der Waals surface area contributed by atoms with E-state index in [1.54, 1.807) is 0 Å². The maximum absolute atomic E-state index is 4.41. The van der Waals surface area contributed by atoms with Gasteiger partial charge in [-0.1, -0.05) is 33.8 Å². The van der Waals surface area contributed by atoms with Gasteiger partial charge in [0.1, 0.15) is 0 Å². The third-order valence-electron chi connectivity index (χ3n) is 3.54. The molecule has 0 aliphatic carbocycles. The van der Waals surface area contributed by atoms with Crippen LogP contribution in [0.3, 0.4) is 0 Å². The number of likely N-dealkylation sites (tertiary alicyclic amines) is 1. The minimum atomic E-state index is 0.473. The van der Waals surface area contributed by atoms with Crippen molar-refractivity contribution in [3.63, 3.8) is 0 Å². The molecule has 0 bridgehead atoms. The van der Waals surface area contributed by atoms with E-state index in [0.29, 0.717) is 6.04 Å². The highest BCUT2D eigenvalue weighted by Crippen LogP contribution is 2.30. The lowest BCUT2D eigenvalue weighted by Crippen LogP contribution is -2.49. The monoisotopic (exact) mass is 234 g/mol. The van der Waals surface area contributed by atoms with E-state index in [9.17, 15) is 0 Å². The minimum absolute atomic E-state index is 0.473. The standard InChI is InChI=1S/C13H20N2.C2H6/c1-10(2)12-8-15(9-12)11(3)13-6-4-5-7-14-13;1-2/h4-7,10-12H,8-9H2,1-3H3;1-2H3. The molecule has 1 unspecified atom stereocenters. The zero-order valence-electron chi connectivity index (χ0n) is 11.9. The lowest BCUT2D eigenvalue weighted by Gasteiger charge is -2.45. The molecule has 2 heteroatoms. The lowest BCUT2D eigenvalue weighted by atomic mass is 9.87. The molecular weight excluding hydrogens is 208 g/mol. The van der Waals surface area contributed by atoms with Gasteiger partial charge in [0.05, 0.1) is 5.69 Å². The summed E-state index contributed by atoms with van der Waals surface area (Å²) in [5.74, 6) is 1.70. The van der Waals surface area contributed by atoms with Gasteiger partial charge in [-0.2, -0.15) is 0 Å². The van der Waals surface area contributed by atoms with Crippen LogP contribution in [0.1, 0.15) is 46.4 Å². The zero-order valence-corrected chi connectivity index (χ0v) is 11.9. The molecule has 1 aromatic rings. The van der Waals surface area contributed by atoms with Gasteiger partial charge in [-0.05, 0) is 30.9 Å². The van der Waals surface area contributed by atoms with Crippen LogP contribution in [0, 0.1) is 11.8 Å². The summed E-state index contributed by atoms with van der Waals surface area (Å²) in [5.41, 5.74) is 1.19. The van der Waals surface area contributed by atoms with Gasteiger partial charge in [0.15, 0.2) is 0 Å². The summed E-state index contributed by atoms with van der Waals surface area (Å²) in [5, 5.41) is 0. The molecule has 1 fully saturated rings. The number of rotatable bonds is 3. The van der Waals surface area contributed by atoms with Gasteiger partial charge in [0.2, 0.25) is 0 Å². The Morgan fingerprint density at radius 1 is 1.18 bits per heavy atom. The Bertz CT molecular complexity index is 302. The molecule has 17 heavy (non-hydrogen) atoms. The molecule has 0 radical (unpaired) electrons. The van der Waals surface area contributed by atoms with Crippen molar-refractivity contribution < 1.29 is 0 Å². The Kier molecular flexibility index (Phi) is 5.63. The van der Waals surface area contributed by atoms with Gasteiger partial charge in [0.25, 0.3) is 0 Å². The third kappa shape index (κ3) is 3.53. The second kappa shape index (κ2) is 6.75. The molecule has 2 nitrogen and oxygen atoms in total. The number of nitrogens with zero attached hydrogens (tertiary/aromatic N) is 2. The summed E-state index contributed by atoms with van der Waals surface area (Å²) >= 11 is 0. The fourth-order valence-corrected chi connectivity index (χ4v) is 2.10. The van der Waals surface area contributed by atoms with Gasteiger partial charge in [-0.15, -0.1) is 0 Å². The van der Waals surface area contributed by atoms with Gasteiger partial charge in [-0.3, -0.25) is 9.88 Å². The molecular formula is C15H26N2. The Labute approximate surface area is 106 Å². The third-order valence-corrected chi connectivity index (χ3v) is 3.54. The summed E-state index contributed by atoms with van der Waals surface area (Å²) in [6, 6.07) is 6.64. The van der Waals surface area contributed by atoms with E-state index in [1.807, 2.05) is 26.1 Å². The van der Waals surface area contributed by atoms with Crippen LogP contribution in [0.25, 0.3) is 0 Å². The van der Waals surface area contributed by atoms with Crippen LogP contribution in [0.4, 0.5) is 0 Å². The molecule has 0 spiro atoms. The van der Waals surface area contributed by atoms with E-state index in [4.69, 9.17) is 0 Å². The van der Waals surface area contributed by atoms with E-state index < -0.39 is 0 Å². The molecule has 0 N–H and O–H groups in total. The van der Waals surface area contributed by atoms with Gasteiger partial charge < -0.3 is 0 Å². The average Bonchev–Trinajstić information content (AvgIpc) is 2.30. The van der Waals surface area contributed by atoms with Crippen LogP contribution in [0.2, 0.25) is 0 Å². The molecule has 96 valence electrons. The van der Waals surface area contributed by atoms with Crippen molar-refractivity contribution in [3.05, 3.63) is 30.1 Å². The van der Waals surface area contributed by atoms with Crippen LogP contribution in [-0.2, 0) is 0 Å². The smallest absolute Gasteiger partial charge is 0.0572 e. The topological polar surface area (TPSA) is 16.1 Å². The zero-order chi connectivity index (χ0) is 12.8. The van der Waals surface area contributed by atoms with Crippen molar-refractivity contribution in [2.75, 3.05) is 13.1 Å². The number of aromatic nitrogens is 1. The first kappa shape index (κ1) is 14.2. The molecule has 1 aromatic heterocycles. The SMILES string of the molecule is CC.CC(C)C1CN(C(C)c2ccccn2)C1. The fourth-order valence-electron chi connectivity index (χ4n) is 2.10. The molecule has 2 heterocycles. The summed E-state index contributed by atoms with van der Waals surface area (Å²) in [6.45, 7) is 13.3. The summed E-state index contributed by atoms with van der Waals surface area (Å²) in [4.78, 5) is 6.92. The van der Waals surface area contributed by atoms with Crippen molar-refractivity contribution in [2.45, 2.75) is 40.7 Å². The molecule has 1 atom stereocenters. The Balaban J connectivity index is 0.000000686. The van der Waals surface area contributed by atoms with Crippen LogP contribution in [0.15, 0.2) is 24.4 Å². The second-order valence-electron chi connectivity index (χ2n) is 4.89. The van der Waals surface area contributed by atoms with E-state index in [1.165, 1.54) is 18.8 Å². The highest BCUT2D eigenvalue weighted by Gasteiger charge is 2.32. The highest BCUT2D eigenvalue weighted by molar-refractivity contribution is 5.09. The first-order chi connectivity index (χ1) is 8.18. The van der Waals surface area contributed by atoms with Crippen LogP contribution in [0.5, 0.6) is 0 Å². The molecule has 0 saturated carbocycles. The number of hydrogen-bond donors (Lipinski definition) is 0. The predicted octanol–water partition coefficient (Wildman–Crippen LogP) is 3.76. The van der Waals surface area contributed by atoms with Crippen molar-refractivity contribution in [1.82, 2.24) is 9.88 Å². The predicted molar refractivity (Wildman–Crippen MR) is 73.9 cm³/mol. The van der Waals surface area contributed by atoms with Gasteiger partial charge in [0, 0.05) is 25.3 Å². The van der Waals surface area contributed by atoms with Crippen LogP contribution >= 0.6 is 0 Å². The summed E-state index contributed by atoms with van der Waals surface area (Å²) in [6.07, 6.45) is 1.88. The van der Waals surface area contributed by atoms with E-state index in [0.717, 1.165) is 11.8 Å². The van der Waals surface area contributed by atoms with Crippen LogP contribution in [-0.4, -0.2) is 23.0 Å². The summed E-state index contributed by atoms with van der Waals surface area (Å²) in [7, 11) is 0. The summed E-state index contributed by atoms with van der Waals surface area (Å²) < 4.78 is 0. The Morgan fingerprint density at radius 2 is 1.82 bits per heavy atom. The quantitative estimate of drug-likeness (QED) is 0.791. The van der Waals surface area contributed by atoms with E-state index in [-0.39, 0.29) is 0 Å². The minimum Gasteiger partial charge on any atom is -0.294 e. The number of pyridine rings is 1. The van der Waals surface area contributed by atoms with Crippen LogP contribution < -0.4 is 0 Å². The average molecular weight is 234 g/mol. The Hall–Kier alpha value is -0.890. The lowest BCUT2D eigenvalue weighted by molar-refractivity contribution is 0.0322. The van der Waals surface area contributed by atoms with Gasteiger partial charge in [-0.25, -0.2) is 0 Å². The maximum Gasteiger partial charge on any atom is 0.0572 e. The van der Waals surface area contributed by atoms with E-state index >= 15 is 0 Å². The van der Waals surface area contributed by atoms with Crippen molar-refractivity contribution in [1.29, 1.82) is 0 Å². The van der Waals surface area contributed by atoms with Crippen molar-refractivity contribution >= 4 is 0 Å². The first-order valence-corrected chi connectivity index (χ1v) is 6.83. The molecule has 1 aliphatic heterocycles. The molecule has 0 amide bonds. The number of hydrogen-bond acceptors (Lipinski definition) is 2.